The molecule has 1 heterocycles. The highest BCUT2D eigenvalue weighted by Crippen LogP contribution is 2.36. The summed E-state index contributed by atoms with van der Waals surface area (Å²) in [6, 6.07) is 15.5. The first-order chi connectivity index (χ1) is 13.9. The van der Waals surface area contributed by atoms with Crippen LogP contribution in [0, 0.1) is 5.82 Å². The number of Topliss-reactive ketones (excluding diaryl/α,β-unsaturated/α-hetero) is 1. The molecule has 0 spiro atoms. The molecule has 0 amide bonds. The van der Waals surface area contributed by atoms with E-state index in [2.05, 4.69) is 15.9 Å². The summed E-state index contributed by atoms with van der Waals surface area (Å²) >= 11 is 9.31. The highest BCUT2D eigenvalue weighted by Gasteiger charge is 2.28. The van der Waals surface area contributed by atoms with E-state index < -0.39 is 17.6 Å². The number of allylic oxidation sites excluding steroid dienone is 1. The molecule has 29 heavy (non-hydrogen) atoms. The van der Waals surface area contributed by atoms with E-state index in [-0.39, 0.29) is 33.4 Å². The predicted molar refractivity (Wildman–Crippen MR) is 110 cm³/mol. The number of ether oxygens (including phenoxy) is 2. The maximum absolute atomic E-state index is 14.0. The molecule has 0 atom stereocenters. The van der Waals surface area contributed by atoms with Gasteiger partial charge >= 0.3 is 5.97 Å². The van der Waals surface area contributed by atoms with Gasteiger partial charge in [-0.3, -0.25) is 4.79 Å². The summed E-state index contributed by atoms with van der Waals surface area (Å²) in [5.41, 5.74) is 0.704. The Balaban J connectivity index is 1.60. The number of hydrogen-bond acceptors (Lipinski definition) is 4. The minimum Gasteiger partial charge on any atom is -0.452 e. The molecule has 0 aromatic heterocycles. The van der Waals surface area contributed by atoms with Crippen molar-refractivity contribution in [2.24, 2.45) is 0 Å². The van der Waals surface area contributed by atoms with E-state index >= 15 is 0 Å². The summed E-state index contributed by atoms with van der Waals surface area (Å²) < 4.78 is 25.5. The van der Waals surface area contributed by atoms with Gasteiger partial charge in [-0.15, -0.1) is 0 Å². The fourth-order valence-corrected chi connectivity index (χ4v) is 3.46. The molecular weight excluding hydrogens is 463 g/mol. The zero-order valence-corrected chi connectivity index (χ0v) is 17.0. The number of carbonyl (C=O) groups excluding carboxylic acids is 2. The average Bonchev–Trinajstić information content (AvgIpc) is 3.00. The minimum absolute atomic E-state index is 0.0610. The molecule has 0 saturated heterocycles. The number of ketones is 1. The predicted octanol–water partition coefficient (Wildman–Crippen LogP) is 6.08. The number of fused-ring (bicyclic) bond motifs is 1. The van der Waals surface area contributed by atoms with E-state index in [4.69, 9.17) is 21.1 Å². The van der Waals surface area contributed by atoms with Crippen molar-refractivity contribution in [2.45, 2.75) is 0 Å². The van der Waals surface area contributed by atoms with Crippen LogP contribution in [0.2, 0.25) is 5.02 Å². The highest BCUT2D eigenvalue weighted by atomic mass is 79.9. The van der Waals surface area contributed by atoms with Gasteiger partial charge in [-0.05, 0) is 58.4 Å². The molecule has 0 fully saturated rings. The van der Waals surface area contributed by atoms with E-state index in [0.717, 1.165) is 0 Å². The SMILES string of the molecule is O=C(Oc1ccc2c(c1)O/C(=C\c1c(F)cccc1Cl)C2=O)c1ccccc1Br. The van der Waals surface area contributed by atoms with E-state index in [1.54, 1.807) is 24.3 Å². The van der Waals surface area contributed by atoms with Crippen LogP contribution in [-0.4, -0.2) is 11.8 Å². The van der Waals surface area contributed by atoms with Crippen molar-refractivity contribution in [3.8, 4) is 11.5 Å². The third-order valence-electron chi connectivity index (χ3n) is 4.22. The summed E-state index contributed by atoms with van der Waals surface area (Å²) in [5, 5.41) is 0.160. The summed E-state index contributed by atoms with van der Waals surface area (Å²) in [7, 11) is 0. The third kappa shape index (κ3) is 3.81. The van der Waals surface area contributed by atoms with Crippen LogP contribution in [0.15, 0.2) is 70.9 Å². The van der Waals surface area contributed by atoms with Crippen molar-refractivity contribution in [3.05, 3.63) is 98.4 Å². The van der Waals surface area contributed by atoms with Crippen molar-refractivity contribution < 1.29 is 23.5 Å². The zero-order valence-electron chi connectivity index (χ0n) is 14.6. The van der Waals surface area contributed by atoms with Crippen LogP contribution in [0.5, 0.6) is 11.5 Å². The third-order valence-corrected chi connectivity index (χ3v) is 5.24. The Bertz CT molecular complexity index is 1170. The molecule has 1 aliphatic heterocycles. The van der Waals surface area contributed by atoms with E-state index in [9.17, 15) is 14.0 Å². The first kappa shape index (κ1) is 19.4. The molecule has 7 heteroatoms. The average molecular weight is 474 g/mol. The molecule has 0 unspecified atom stereocenters. The van der Waals surface area contributed by atoms with Crippen LogP contribution in [0.3, 0.4) is 0 Å². The minimum atomic E-state index is -0.569. The molecule has 1 aliphatic rings. The molecule has 0 saturated carbocycles. The quantitative estimate of drug-likeness (QED) is 0.263. The van der Waals surface area contributed by atoms with Crippen molar-refractivity contribution in [2.75, 3.05) is 0 Å². The standard InChI is InChI=1S/C22H11BrClFO4/c23-16-5-2-1-4-13(16)22(27)28-12-8-9-14-19(10-12)29-20(21(14)26)11-15-17(24)6-3-7-18(15)25/h1-11H/b20-11-. The Morgan fingerprint density at radius 3 is 2.66 bits per heavy atom. The topological polar surface area (TPSA) is 52.6 Å². The van der Waals surface area contributed by atoms with Gasteiger partial charge in [0.2, 0.25) is 5.78 Å². The smallest absolute Gasteiger partial charge is 0.344 e. The number of carbonyl (C=O) groups is 2. The Morgan fingerprint density at radius 2 is 1.90 bits per heavy atom. The van der Waals surface area contributed by atoms with Crippen LogP contribution in [0.1, 0.15) is 26.3 Å². The van der Waals surface area contributed by atoms with Gasteiger partial charge in [0, 0.05) is 16.1 Å². The van der Waals surface area contributed by atoms with Gasteiger partial charge in [0.1, 0.15) is 17.3 Å². The fraction of sp³-hybridized carbons (Fsp3) is 0. The monoisotopic (exact) mass is 472 g/mol. The lowest BCUT2D eigenvalue weighted by Crippen LogP contribution is -2.09. The normalized spacial score (nSPS) is 13.9. The second kappa shape index (κ2) is 7.81. The molecule has 0 bridgehead atoms. The number of esters is 1. The Morgan fingerprint density at radius 1 is 1.10 bits per heavy atom. The summed E-state index contributed by atoms with van der Waals surface area (Å²) in [6.07, 6.45) is 1.26. The molecule has 0 radical (unpaired) electrons. The van der Waals surface area contributed by atoms with E-state index in [1.165, 1.54) is 42.5 Å². The van der Waals surface area contributed by atoms with Crippen LogP contribution >= 0.6 is 27.5 Å². The lowest BCUT2D eigenvalue weighted by Gasteiger charge is -2.07. The maximum atomic E-state index is 14.0. The Kier molecular flexibility index (Phi) is 5.22. The van der Waals surface area contributed by atoms with Gasteiger partial charge in [0.15, 0.2) is 5.76 Å². The van der Waals surface area contributed by atoms with Crippen LogP contribution in [0.25, 0.3) is 6.08 Å². The summed E-state index contributed by atoms with van der Waals surface area (Å²) in [6.45, 7) is 0. The van der Waals surface area contributed by atoms with Gasteiger partial charge in [-0.1, -0.05) is 29.8 Å². The van der Waals surface area contributed by atoms with Crippen molar-refractivity contribution >= 4 is 45.4 Å². The first-order valence-electron chi connectivity index (χ1n) is 8.43. The fourth-order valence-electron chi connectivity index (χ4n) is 2.80. The maximum Gasteiger partial charge on any atom is 0.344 e. The largest absolute Gasteiger partial charge is 0.452 e. The van der Waals surface area contributed by atoms with Crippen LogP contribution in [0.4, 0.5) is 4.39 Å². The van der Waals surface area contributed by atoms with Crippen LogP contribution in [-0.2, 0) is 0 Å². The van der Waals surface area contributed by atoms with Gasteiger partial charge in [-0.2, -0.15) is 0 Å². The number of halogens is 3. The Labute approximate surface area is 178 Å². The number of benzene rings is 3. The second-order valence-electron chi connectivity index (χ2n) is 6.10. The molecule has 144 valence electrons. The molecule has 0 aliphatic carbocycles. The van der Waals surface area contributed by atoms with Gasteiger partial charge < -0.3 is 9.47 Å². The molecule has 3 aromatic rings. The number of hydrogen-bond donors (Lipinski definition) is 0. The molecular formula is C22H11BrClFO4. The Hall–Kier alpha value is -2.96. The van der Waals surface area contributed by atoms with Gasteiger partial charge in [0.25, 0.3) is 0 Å². The van der Waals surface area contributed by atoms with Crippen molar-refractivity contribution in [3.63, 3.8) is 0 Å². The van der Waals surface area contributed by atoms with Crippen molar-refractivity contribution in [1.29, 1.82) is 0 Å². The van der Waals surface area contributed by atoms with Gasteiger partial charge in [0.05, 0.1) is 16.1 Å². The first-order valence-corrected chi connectivity index (χ1v) is 9.60. The molecule has 0 N–H and O–H groups in total. The van der Waals surface area contributed by atoms with E-state index in [1.807, 2.05) is 0 Å². The molecule has 3 aromatic carbocycles. The van der Waals surface area contributed by atoms with Crippen LogP contribution < -0.4 is 9.47 Å². The summed E-state index contributed by atoms with van der Waals surface area (Å²) in [5.74, 6) is -1.19. The lowest BCUT2D eigenvalue weighted by atomic mass is 10.1. The highest BCUT2D eigenvalue weighted by molar-refractivity contribution is 9.10. The molecule has 4 nitrogen and oxygen atoms in total. The van der Waals surface area contributed by atoms with Crippen molar-refractivity contribution in [1.82, 2.24) is 0 Å². The van der Waals surface area contributed by atoms with Gasteiger partial charge in [-0.25, -0.2) is 9.18 Å². The lowest BCUT2D eigenvalue weighted by molar-refractivity contribution is 0.0733. The summed E-state index contributed by atoms with van der Waals surface area (Å²) in [4.78, 5) is 24.9. The van der Waals surface area contributed by atoms with E-state index in [0.29, 0.717) is 10.0 Å². The number of rotatable bonds is 3. The molecule has 4 rings (SSSR count). The second-order valence-corrected chi connectivity index (χ2v) is 7.36. The zero-order chi connectivity index (χ0) is 20.5.